The van der Waals surface area contributed by atoms with Crippen LogP contribution in [0.25, 0.3) is 0 Å². The SMILES string of the molecule is CN(C)CCCn1cnc(Cl)cc1=O. The number of hydrogen-bond acceptors (Lipinski definition) is 3. The molecule has 0 spiro atoms. The van der Waals surface area contributed by atoms with Crippen LogP contribution in [0.4, 0.5) is 0 Å². The monoisotopic (exact) mass is 215 g/mol. The summed E-state index contributed by atoms with van der Waals surface area (Å²) in [5.74, 6) is 0. The van der Waals surface area contributed by atoms with Gasteiger partial charge in [0, 0.05) is 12.6 Å². The standard InChI is InChI=1S/C9H14ClN3O/c1-12(2)4-3-5-13-7-11-8(10)6-9(13)14/h6-7H,3-5H2,1-2H3. The van der Waals surface area contributed by atoms with E-state index in [1.54, 1.807) is 4.57 Å². The van der Waals surface area contributed by atoms with E-state index in [-0.39, 0.29) is 10.7 Å². The molecular weight excluding hydrogens is 202 g/mol. The molecule has 1 heterocycles. The number of hydrogen-bond donors (Lipinski definition) is 0. The second kappa shape index (κ2) is 5.12. The summed E-state index contributed by atoms with van der Waals surface area (Å²) in [6.07, 6.45) is 2.41. The van der Waals surface area contributed by atoms with Crippen molar-refractivity contribution in [3.05, 3.63) is 27.9 Å². The Hall–Kier alpha value is -0.870. The van der Waals surface area contributed by atoms with Crippen molar-refractivity contribution in [1.29, 1.82) is 0 Å². The van der Waals surface area contributed by atoms with Crippen molar-refractivity contribution in [3.8, 4) is 0 Å². The van der Waals surface area contributed by atoms with E-state index in [1.807, 2.05) is 14.1 Å². The van der Waals surface area contributed by atoms with Crippen LogP contribution in [0, 0.1) is 0 Å². The third kappa shape index (κ3) is 3.47. The second-order valence-corrected chi connectivity index (χ2v) is 3.79. The molecule has 1 rings (SSSR count). The van der Waals surface area contributed by atoms with Crippen molar-refractivity contribution >= 4 is 11.6 Å². The maximum atomic E-state index is 11.3. The molecule has 0 bridgehead atoms. The van der Waals surface area contributed by atoms with Crippen LogP contribution in [0.1, 0.15) is 6.42 Å². The molecule has 0 aliphatic rings. The van der Waals surface area contributed by atoms with E-state index in [0.717, 1.165) is 13.0 Å². The first-order valence-corrected chi connectivity index (χ1v) is 4.84. The molecule has 1 aromatic heterocycles. The molecule has 0 atom stereocenters. The third-order valence-corrected chi connectivity index (χ3v) is 2.06. The van der Waals surface area contributed by atoms with Gasteiger partial charge in [-0.2, -0.15) is 0 Å². The topological polar surface area (TPSA) is 38.1 Å². The minimum atomic E-state index is -0.0937. The summed E-state index contributed by atoms with van der Waals surface area (Å²) >= 11 is 5.57. The average molecular weight is 216 g/mol. The fraction of sp³-hybridized carbons (Fsp3) is 0.556. The first-order valence-electron chi connectivity index (χ1n) is 4.46. The third-order valence-electron chi connectivity index (χ3n) is 1.85. The summed E-state index contributed by atoms with van der Waals surface area (Å²) in [6.45, 7) is 1.64. The zero-order valence-corrected chi connectivity index (χ0v) is 9.16. The Morgan fingerprint density at radius 2 is 2.29 bits per heavy atom. The van der Waals surface area contributed by atoms with E-state index in [0.29, 0.717) is 6.54 Å². The van der Waals surface area contributed by atoms with E-state index >= 15 is 0 Å². The second-order valence-electron chi connectivity index (χ2n) is 3.40. The number of nitrogens with zero attached hydrogens (tertiary/aromatic N) is 3. The van der Waals surface area contributed by atoms with Gasteiger partial charge in [-0.15, -0.1) is 0 Å². The maximum absolute atomic E-state index is 11.3. The molecule has 0 N–H and O–H groups in total. The van der Waals surface area contributed by atoms with Crippen LogP contribution in [-0.2, 0) is 6.54 Å². The van der Waals surface area contributed by atoms with E-state index in [4.69, 9.17) is 11.6 Å². The summed E-state index contributed by atoms with van der Waals surface area (Å²) in [5, 5.41) is 0.249. The molecule has 0 unspecified atom stereocenters. The molecule has 0 amide bonds. The van der Waals surface area contributed by atoms with Gasteiger partial charge in [0.25, 0.3) is 5.56 Å². The molecule has 78 valence electrons. The summed E-state index contributed by atoms with van der Waals surface area (Å²) in [6, 6.07) is 1.33. The lowest BCUT2D eigenvalue weighted by Crippen LogP contribution is -2.22. The number of aromatic nitrogens is 2. The van der Waals surface area contributed by atoms with E-state index in [1.165, 1.54) is 12.4 Å². The molecule has 1 aromatic rings. The van der Waals surface area contributed by atoms with E-state index in [9.17, 15) is 4.79 Å². The van der Waals surface area contributed by atoms with Crippen LogP contribution in [0.5, 0.6) is 0 Å². The molecule has 0 aliphatic heterocycles. The highest BCUT2D eigenvalue weighted by molar-refractivity contribution is 6.29. The Bertz CT molecular complexity index is 348. The van der Waals surface area contributed by atoms with Gasteiger partial charge in [-0.05, 0) is 27.1 Å². The summed E-state index contributed by atoms with van der Waals surface area (Å²) in [4.78, 5) is 17.3. The summed E-state index contributed by atoms with van der Waals surface area (Å²) < 4.78 is 1.56. The van der Waals surface area contributed by atoms with Crippen LogP contribution in [0.15, 0.2) is 17.2 Å². The van der Waals surface area contributed by atoms with Gasteiger partial charge in [0.15, 0.2) is 0 Å². The minimum absolute atomic E-state index is 0.0937. The van der Waals surface area contributed by atoms with Crippen LogP contribution < -0.4 is 5.56 Å². The van der Waals surface area contributed by atoms with Gasteiger partial charge in [-0.3, -0.25) is 9.36 Å². The lowest BCUT2D eigenvalue weighted by atomic mass is 10.4. The first-order chi connectivity index (χ1) is 6.59. The highest BCUT2D eigenvalue weighted by Crippen LogP contribution is 1.97. The van der Waals surface area contributed by atoms with Crippen LogP contribution in [-0.4, -0.2) is 35.1 Å². The predicted molar refractivity (Wildman–Crippen MR) is 56.7 cm³/mol. The summed E-state index contributed by atoms with van der Waals surface area (Å²) in [7, 11) is 4.01. The highest BCUT2D eigenvalue weighted by atomic mass is 35.5. The first kappa shape index (κ1) is 11.2. The van der Waals surface area contributed by atoms with E-state index < -0.39 is 0 Å². The zero-order chi connectivity index (χ0) is 10.6. The maximum Gasteiger partial charge on any atom is 0.254 e. The van der Waals surface area contributed by atoms with Crippen molar-refractivity contribution in [2.75, 3.05) is 20.6 Å². The highest BCUT2D eigenvalue weighted by Gasteiger charge is 1.98. The molecule has 0 saturated heterocycles. The van der Waals surface area contributed by atoms with Crippen molar-refractivity contribution in [2.24, 2.45) is 0 Å². The van der Waals surface area contributed by atoms with Gasteiger partial charge < -0.3 is 4.90 Å². The van der Waals surface area contributed by atoms with Crippen molar-refractivity contribution in [1.82, 2.24) is 14.5 Å². The van der Waals surface area contributed by atoms with Crippen LogP contribution >= 0.6 is 11.6 Å². The molecule has 4 nitrogen and oxygen atoms in total. The zero-order valence-electron chi connectivity index (χ0n) is 8.40. The molecule has 0 saturated carbocycles. The molecule has 5 heteroatoms. The molecule has 0 fully saturated rings. The lowest BCUT2D eigenvalue weighted by molar-refractivity contribution is 0.384. The summed E-state index contributed by atoms with van der Waals surface area (Å²) in [5.41, 5.74) is -0.0937. The number of halogens is 1. The largest absolute Gasteiger partial charge is 0.309 e. The fourth-order valence-electron chi connectivity index (χ4n) is 1.13. The average Bonchev–Trinajstić information content (AvgIpc) is 2.08. The van der Waals surface area contributed by atoms with Gasteiger partial charge in [0.2, 0.25) is 0 Å². The fourth-order valence-corrected chi connectivity index (χ4v) is 1.27. The van der Waals surface area contributed by atoms with Gasteiger partial charge in [0.1, 0.15) is 5.15 Å². The Morgan fingerprint density at radius 1 is 1.57 bits per heavy atom. The Labute approximate surface area is 88.1 Å². The molecule has 0 aromatic carbocycles. The normalized spacial score (nSPS) is 10.9. The molecule has 0 radical (unpaired) electrons. The molecular formula is C9H14ClN3O. The van der Waals surface area contributed by atoms with Gasteiger partial charge in [-0.25, -0.2) is 4.98 Å². The quantitative estimate of drug-likeness (QED) is 0.699. The van der Waals surface area contributed by atoms with Gasteiger partial charge in [-0.1, -0.05) is 11.6 Å². The van der Waals surface area contributed by atoms with Crippen molar-refractivity contribution in [2.45, 2.75) is 13.0 Å². The molecule has 0 aliphatic carbocycles. The minimum Gasteiger partial charge on any atom is -0.309 e. The molecule has 14 heavy (non-hydrogen) atoms. The Balaban J connectivity index is 2.55. The van der Waals surface area contributed by atoms with E-state index in [2.05, 4.69) is 9.88 Å². The Morgan fingerprint density at radius 3 is 2.86 bits per heavy atom. The van der Waals surface area contributed by atoms with Crippen LogP contribution in [0.3, 0.4) is 0 Å². The Kier molecular flexibility index (Phi) is 4.10. The van der Waals surface area contributed by atoms with Crippen LogP contribution in [0.2, 0.25) is 5.15 Å². The van der Waals surface area contributed by atoms with Gasteiger partial charge >= 0.3 is 0 Å². The number of aryl methyl sites for hydroxylation is 1. The number of rotatable bonds is 4. The smallest absolute Gasteiger partial charge is 0.254 e. The van der Waals surface area contributed by atoms with Gasteiger partial charge in [0.05, 0.1) is 6.33 Å². The lowest BCUT2D eigenvalue weighted by Gasteiger charge is -2.09. The van der Waals surface area contributed by atoms with Crippen molar-refractivity contribution in [3.63, 3.8) is 0 Å². The predicted octanol–water partition coefficient (Wildman–Crippen LogP) is 0.848. The van der Waals surface area contributed by atoms with Crippen molar-refractivity contribution < 1.29 is 0 Å².